The Hall–Kier alpha value is -4.07. The van der Waals surface area contributed by atoms with Gasteiger partial charge in [0.2, 0.25) is 5.91 Å². The van der Waals surface area contributed by atoms with Gasteiger partial charge in [-0.15, -0.1) is 11.8 Å². The topological polar surface area (TPSA) is 84.5 Å². The van der Waals surface area contributed by atoms with E-state index in [0.29, 0.717) is 34.1 Å². The monoisotopic (exact) mass is 544 g/mol. The Kier molecular flexibility index (Phi) is 9.19. The Morgan fingerprint density at radius 1 is 0.789 bits per heavy atom. The fourth-order valence-electron chi connectivity index (χ4n) is 3.60. The molecule has 0 spiro atoms. The molecule has 6 nitrogen and oxygen atoms in total. The number of halogens is 1. The van der Waals surface area contributed by atoms with Crippen molar-refractivity contribution >= 4 is 52.5 Å². The second kappa shape index (κ2) is 12.9. The van der Waals surface area contributed by atoms with E-state index in [9.17, 15) is 14.4 Å². The summed E-state index contributed by atoms with van der Waals surface area (Å²) in [5, 5.41) is 5.75. The molecule has 0 aliphatic rings. The van der Waals surface area contributed by atoms with Gasteiger partial charge in [0.05, 0.1) is 12.2 Å². The summed E-state index contributed by atoms with van der Waals surface area (Å²) in [6, 6.07) is 30.1. The van der Waals surface area contributed by atoms with Crippen LogP contribution in [0.2, 0.25) is 5.02 Å². The minimum atomic E-state index is -0.534. The van der Waals surface area contributed by atoms with Crippen LogP contribution in [0.5, 0.6) is 0 Å². The van der Waals surface area contributed by atoms with Gasteiger partial charge in [0.1, 0.15) is 5.25 Å². The lowest BCUT2D eigenvalue weighted by molar-refractivity contribution is -0.115. The van der Waals surface area contributed by atoms with Gasteiger partial charge in [0.25, 0.3) is 5.91 Å². The average molecular weight is 545 g/mol. The molecule has 4 aromatic carbocycles. The summed E-state index contributed by atoms with van der Waals surface area (Å²) in [4.78, 5) is 38.6. The third-order valence-electron chi connectivity index (χ3n) is 5.46. The summed E-state index contributed by atoms with van der Waals surface area (Å²) in [5.74, 6) is -0.873. The highest BCUT2D eigenvalue weighted by Crippen LogP contribution is 2.36. The minimum absolute atomic E-state index is 0.205. The molecule has 1 unspecified atom stereocenters. The first-order valence-corrected chi connectivity index (χ1v) is 13.2. The number of rotatable bonds is 9. The largest absolute Gasteiger partial charge is 0.462 e. The van der Waals surface area contributed by atoms with E-state index in [1.165, 1.54) is 11.8 Å². The van der Waals surface area contributed by atoms with E-state index in [1.807, 2.05) is 42.5 Å². The molecule has 0 aliphatic carbocycles. The minimum Gasteiger partial charge on any atom is -0.462 e. The van der Waals surface area contributed by atoms with Crippen molar-refractivity contribution in [2.45, 2.75) is 17.1 Å². The lowest BCUT2D eigenvalue weighted by Crippen LogP contribution is -2.19. The van der Waals surface area contributed by atoms with E-state index in [1.54, 1.807) is 67.6 Å². The third kappa shape index (κ3) is 7.25. The molecular weight excluding hydrogens is 520 g/mol. The highest BCUT2D eigenvalue weighted by molar-refractivity contribution is 8.00. The van der Waals surface area contributed by atoms with E-state index in [-0.39, 0.29) is 11.8 Å². The van der Waals surface area contributed by atoms with Crippen LogP contribution < -0.4 is 10.6 Å². The Morgan fingerprint density at radius 2 is 1.45 bits per heavy atom. The average Bonchev–Trinajstić information content (AvgIpc) is 2.93. The molecule has 1 atom stereocenters. The van der Waals surface area contributed by atoms with Crippen molar-refractivity contribution in [2.75, 3.05) is 17.2 Å². The first kappa shape index (κ1) is 27.0. The number of hydrogen-bond acceptors (Lipinski definition) is 5. The van der Waals surface area contributed by atoms with Crippen LogP contribution in [0.4, 0.5) is 11.4 Å². The van der Waals surface area contributed by atoms with Crippen molar-refractivity contribution < 1.29 is 19.1 Å². The van der Waals surface area contributed by atoms with Crippen LogP contribution in [0.15, 0.2) is 108 Å². The van der Waals surface area contributed by atoms with Crippen LogP contribution >= 0.6 is 23.4 Å². The fraction of sp³-hybridized carbons (Fsp3) is 0.100. The van der Waals surface area contributed by atoms with Crippen LogP contribution in [0.1, 0.15) is 38.5 Å². The van der Waals surface area contributed by atoms with E-state index >= 15 is 0 Å². The molecule has 0 saturated carbocycles. The molecule has 4 aromatic rings. The summed E-state index contributed by atoms with van der Waals surface area (Å²) in [6.07, 6.45) is 0. The van der Waals surface area contributed by atoms with E-state index in [2.05, 4.69) is 10.6 Å². The summed E-state index contributed by atoms with van der Waals surface area (Å²) in [7, 11) is 0. The van der Waals surface area contributed by atoms with Crippen LogP contribution in [0.25, 0.3) is 0 Å². The molecule has 192 valence electrons. The molecule has 0 radical (unpaired) electrons. The molecule has 0 aromatic heterocycles. The Bertz CT molecular complexity index is 1410. The molecule has 0 fully saturated rings. The van der Waals surface area contributed by atoms with Gasteiger partial charge in [-0.1, -0.05) is 48.0 Å². The van der Waals surface area contributed by atoms with Gasteiger partial charge in [-0.2, -0.15) is 0 Å². The second-order valence-electron chi connectivity index (χ2n) is 8.18. The van der Waals surface area contributed by atoms with Gasteiger partial charge < -0.3 is 15.4 Å². The first-order valence-electron chi connectivity index (χ1n) is 11.9. The summed E-state index contributed by atoms with van der Waals surface area (Å²) < 4.78 is 5.01. The van der Waals surface area contributed by atoms with Crippen LogP contribution in [0.3, 0.4) is 0 Å². The summed E-state index contributed by atoms with van der Waals surface area (Å²) >= 11 is 7.38. The van der Waals surface area contributed by atoms with Crippen molar-refractivity contribution in [2.24, 2.45) is 0 Å². The van der Waals surface area contributed by atoms with E-state index < -0.39 is 11.2 Å². The normalized spacial score (nSPS) is 11.3. The molecule has 2 N–H and O–H groups in total. The molecule has 0 bridgehead atoms. The SMILES string of the molecule is CCOC(=O)c1ccc(NC(=O)C(Sc2ccc(NC(=O)c3cccc(Cl)c3)cc2)c2ccccc2)cc1. The highest BCUT2D eigenvalue weighted by Gasteiger charge is 2.22. The summed E-state index contributed by atoms with van der Waals surface area (Å²) in [6.45, 7) is 2.04. The Balaban J connectivity index is 1.46. The Labute approximate surface area is 230 Å². The number of carbonyl (C=O) groups is 3. The number of thioether (sulfide) groups is 1. The molecule has 4 rings (SSSR count). The smallest absolute Gasteiger partial charge is 0.338 e. The number of anilines is 2. The summed E-state index contributed by atoms with van der Waals surface area (Å²) in [5.41, 5.74) is 2.93. The highest BCUT2D eigenvalue weighted by atomic mass is 35.5. The van der Waals surface area contributed by atoms with Crippen LogP contribution in [0, 0.1) is 0 Å². The van der Waals surface area contributed by atoms with E-state index in [4.69, 9.17) is 16.3 Å². The number of hydrogen-bond donors (Lipinski definition) is 2. The van der Waals surface area contributed by atoms with Gasteiger partial charge in [0.15, 0.2) is 0 Å². The number of ether oxygens (including phenoxy) is 1. The Morgan fingerprint density at radius 3 is 2.11 bits per heavy atom. The lowest BCUT2D eigenvalue weighted by Gasteiger charge is -2.17. The zero-order valence-electron chi connectivity index (χ0n) is 20.5. The van der Waals surface area contributed by atoms with Crippen molar-refractivity contribution in [1.29, 1.82) is 0 Å². The fourth-order valence-corrected chi connectivity index (χ4v) is 4.81. The molecule has 0 heterocycles. The van der Waals surface area contributed by atoms with Crippen LogP contribution in [-0.2, 0) is 9.53 Å². The second-order valence-corrected chi connectivity index (χ2v) is 9.80. The molecule has 0 saturated heterocycles. The number of carbonyl (C=O) groups excluding carboxylic acids is 3. The van der Waals surface area contributed by atoms with Gasteiger partial charge in [-0.05, 0) is 79.2 Å². The number of benzene rings is 4. The maximum Gasteiger partial charge on any atom is 0.338 e. The predicted octanol–water partition coefficient (Wildman–Crippen LogP) is 7.24. The standard InChI is InChI=1S/C30H25ClN2O4S/c1-2-37-30(36)21-11-13-24(14-12-21)33-29(35)27(20-7-4-3-5-8-20)38-26-17-15-25(16-18-26)32-28(34)22-9-6-10-23(31)19-22/h3-19,27H,2H2,1H3,(H,32,34)(H,33,35). The number of nitrogens with one attached hydrogen (secondary N) is 2. The predicted molar refractivity (Wildman–Crippen MR) is 152 cm³/mol. The number of esters is 1. The van der Waals surface area contributed by atoms with Crippen molar-refractivity contribution in [1.82, 2.24) is 0 Å². The maximum absolute atomic E-state index is 13.3. The zero-order valence-corrected chi connectivity index (χ0v) is 22.1. The van der Waals surface area contributed by atoms with Gasteiger partial charge in [0, 0.05) is 26.9 Å². The van der Waals surface area contributed by atoms with Gasteiger partial charge >= 0.3 is 5.97 Å². The zero-order chi connectivity index (χ0) is 26.9. The molecule has 8 heteroatoms. The third-order valence-corrected chi connectivity index (χ3v) is 6.96. The van der Waals surface area contributed by atoms with Crippen molar-refractivity contribution in [3.05, 3.63) is 125 Å². The van der Waals surface area contributed by atoms with Gasteiger partial charge in [-0.25, -0.2) is 4.79 Å². The van der Waals surface area contributed by atoms with E-state index in [0.717, 1.165) is 10.5 Å². The molecule has 38 heavy (non-hydrogen) atoms. The lowest BCUT2D eigenvalue weighted by atomic mass is 10.1. The maximum atomic E-state index is 13.3. The first-order chi connectivity index (χ1) is 18.4. The van der Waals surface area contributed by atoms with Crippen molar-refractivity contribution in [3.63, 3.8) is 0 Å². The quantitative estimate of drug-likeness (QED) is 0.171. The van der Waals surface area contributed by atoms with Gasteiger partial charge in [-0.3, -0.25) is 9.59 Å². The molecular formula is C30H25ClN2O4S. The molecule has 0 aliphatic heterocycles. The number of amides is 2. The van der Waals surface area contributed by atoms with Crippen LogP contribution in [-0.4, -0.2) is 24.4 Å². The van der Waals surface area contributed by atoms with Crippen molar-refractivity contribution in [3.8, 4) is 0 Å². The molecule has 2 amide bonds.